The molecule has 0 unspecified atom stereocenters. The highest BCUT2D eigenvalue weighted by molar-refractivity contribution is 6.22. The SMILES string of the molecule is CC(C)C[C@H](Nc1ccc(C(=O)O)cc1)N1C(=O)c2ccc(C(=O)Nc3ccc(C(=O)O)cc3)cc2C1=O. The molecular weight excluding hydrogens is 490 g/mol. The molecule has 10 nitrogen and oxygen atoms in total. The van der Waals surface area contributed by atoms with Crippen molar-refractivity contribution in [2.45, 2.75) is 26.4 Å². The van der Waals surface area contributed by atoms with Crippen LogP contribution in [0.3, 0.4) is 0 Å². The highest BCUT2D eigenvalue weighted by Crippen LogP contribution is 2.29. The van der Waals surface area contributed by atoms with Gasteiger partial charge in [-0.1, -0.05) is 13.8 Å². The average Bonchev–Trinajstić information content (AvgIpc) is 3.13. The maximum absolute atomic E-state index is 13.4. The molecule has 38 heavy (non-hydrogen) atoms. The van der Waals surface area contributed by atoms with Crippen molar-refractivity contribution in [3.05, 3.63) is 94.5 Å². The summed E-state index contributed by atoms with van der Waals surface area (Å²) in [6.45, 7) is 3.90. The van der Waals surface area contributed by atoms with Crippen LogP contribution in [0.4, 0.5) is 11.4 Å². The van der Waals surface area contributed by atoms with E-state index in [0.29, 0.717) is 17.8 Å². The van der Waals surface area contributed by atoms with E-state index in [9.17, 15) is 24.0 Å². The zero-order valence-electron chi connectivity index (χ0n) is 20.6. The largest absolute Gasteiger partial charge is 0.478 e. The predicted octanol–water partition coefficient (Wildman–Crippen LogP) is 4.42. The molecule has 0 radical (unpaired) electrons. The Morgan fingerprint density at radius 1 is 0.737 bits per heavy atom. The summed E-state index contributed by atoms with van der Waals surface area (Å²) < 4.78 is 0. The molecule has 1 aliphatic rings. The number of carbonyl (C=O) groups is 5. The lowest BCUT2D eigenvalue weighted by atomic mass is 10.1. The first-order valence-corrected chi connectivity index (χ1v) is 11.8. The molecule has 3 aromatic carbocycles. The van der Waals surface area contributed by atoms with Gasteiger partial charge in [-0.3, -0.25) is 19.3 Å². The van der Waals surface area contributed by atoms with Crippen molar-refractivity contribution in [2.24, 2.45) is 5.92 Å². The lowest BCUT2D eigenvalue weighted by Crippen LogP contribution is -2.45. The van der Waals surface area contributed by atoms with Gasteiger partial charge in [0, 0.05) is 16.9 Å². The third-order valence-electron chi connectivity index (χ3n) is 6.04. The Labute approximate surface area is 217 Å². The van der Waals surface area contributed by atoms with Crippen LogP contribution in [0.15, 0.2) is 66.7 Å². The third kappa shape index (κ3) is 5.39. The Kier molecular flexibility index (Phi) is 7.24. The van der Waals surface area contributed by atoms with Crippen molar-refractivity contribution in [1.29, 1.82) is 0 Å². The number of nitrogens with one attached hydrogen (secondary N) is 2. The van der Waals surface area contributed by atoms with Crippen molar-refractivity contribution in [1.82, 2.24) is 4.90 Å². The van der Waals surface area contributed by atoms with Crippen molar-refractivity contribution < 1.29 is 34.2 Å². The van der Waals surface area contributed by atoms with Gasteiger partial charge in [0.25, 0.3) is 17.7 Å². The van der Waals surface area contributed by atoms with Crippen LogP contribution >= 0.6 is 0 Å². The number of amides is 3. The fraction of sp³-hybridized carbons (Fsp3) is 0.179. The Morgan fingerprint density at radius 2 is 1.24 bits per heavy atom. The number of carboxylic acids is 2. The highest BCUT2D eigenvalue weighted by atomic mass is 16.4. The van der Waals surface area contributed by atoms with E-state index >= 15 is 0 Å². The van der Waals surface area contributed by atoms with Gasteiger partial charge < -0.3 is 20.8 Å². The molecule has 0 bridgehead atoms. The minimum Gasteiger partial charge on any atom is -0.478 e. The van der Waals surface area contributed by atoms with Crippen LogP contribution in [0, 0.1) is 5.92 Å². The first kappa shape index (κ1) is 26.1. The number of fused-ring (bicyclic) bond motifs is 1. The molecule has 0 aliphatic carbocycles. The minimum atomic E-state index is -1.09. The number of carboxylic acid groups (broad SMARTS) is 2. The fourth-order valence-corrected chi connectivity index (χ4v) is 4.16. The molecule has 0 saturated carbocycles. The number of imide groups is 1. The molecule has 3 aromatic rings. The standard InChI is InChI=1S/C28H25N3O7/c1-15(2)13-23(29-19-8-3-16(4-9-19)27(35)36)31-25(33)21-12-7-18(14-22(21)26(31)34)24(32)30-20-10-5-17(6-11-20)28(37)38/h3-12,14-15,23,29H,13H2,1-2H3,(H,30,32)(H,35,36)(H,37,38)/t23-/m1/s1. The molecule has 1 atom stereocenters. The summed E-state index contributed by atoms with van der Waals surface area (Å²) in [5.41, 5.74) is 1.54. The number of hydrogen-bond donors (Lipinski definition) is 4. The van der Waals surface area contributed by atoms with Crippen LogP contribution in [-0.2, 0) is 0 Å². The van der Waals surface area contributed by atoms with E-state index in [4.69, 9.17) is 10.2 Å². The Morgan fingerprint density at radius 3 is 1.76 bits per heavy atom. The van der Waals surface area contributed by atoms with Crippen molar-refractivity contribution >= 4 is 41.0 Å². The summed E-state index contributed by atoms with van der Waals surface area (Å²) >= 11 is 0. The molecule has 0 aromatic heterocycles. The van der Waals surface area contributed by atoms with Gasteiger partial charge in [0.1, 0.15) is 6.17 Å². The van der Waals surface area contributed by atoms with E-state index in [1.165, 1.54) is 54.6 Å². The quantitative estimate of drug-likeness (QED) is 0.306. The van der Waals surface area contributed by atoms with E-state index in [1.807, 2.05) is 13.8 Å². The summed E-state index contributed by atoms with van der Waals surface area (Å²) in [4.78, 5) is 62.8. The molecule has 3 amide bonds. The lowest BCUT2D eigenvalue weighted by Gasteiger charge is -2.29. The predicted molar refractivity (Wildman–Crippen MR) is 139 cm³/mol. The molecule has 0 fully saturated rings. The molecule has 1 heterocycles. The van der Waals surface area contributed by atoms with E-state index in [2.05, 4.69) is 10.6 Å². The van der Waals surface area contributed by atoms with Crippen LogP contribution in [0.1, 0.15) is 72.1 Å². The normalized spacial score (nSPS) is 13.3. The summed E-state index contributed by atoms with van der Waals surface area (Å²) in [7, 11) is 0. The second-order valence-corrected chi connectivity index (χ2v) is 9.25. The van der Waals surface area contributed by atoms with Gasteiger partial charge >= 0.3 is 11.9 Å². The van der Waals surface area contributed by atoms with Gasteiger partial charge in [-0.2, -0.15) is 0 Å². The molecule has 4 rings (SSSR count). The first-order valence-electron chi connectivity index (χ1n) is 11.8. The van der Waals surface area contributed by atoms with Crippen LogP contribution in [0.25, 0.3) is 0 Å². The summed E-state index contributed by atoms with van der Waals surface area (Å²) in [5.74, 6) is -3.61. The van der Waals surface area contributed by atoms with Crippen LogP contribution in [0.5, 0.6) is 0 Å². The smallest absolute Gasteiger partial charge is 0.335 e. The van der Waals surface area contributed by atoms with E-state index in [-0.39, 0.29) is 33.7 Å². The van der Waals surface area contributed by atoms with Gasteiger partial charge in [-0.05, 0) is 79.1 Å². The maximum atomic E-state index is 13.4. The van der Waals surface area contributed by atoms with E-state index in [0.717, 1.165) is 4.90 Å². The van der Waals surface area contributed by atoms with E-state index in [1.54, 1.807) is 12.1 Å². The fourth-order valence-electron chi connectivity index (χ4n) is 4.16. The Bertz CT molecular complexity index is 1430. The summed E-state index contributed by atoms with van der Waals surface area (Å²) in [6, 6.07) is 15.9. The zero-order valence-corrected chi connectivity index (χ0v) is 20.6. The first-order chi connectivity index (χ1) is 18.0. The Balaban J connectivity index is 1.56. The van der Waals surface area contributed by atoms with Crippen LogP contribution in [-0.4, -0.2) is 50.9 Å². The summed E-state index contributed by atoms with van der Waals surface area (Å²) in [5, 5.41) is 24.0. The molecular formula is C28H25N3O7. The average molecular weight is 516 g/mol. The lowest BCUT2D eigenvalue weighted by molar-refractivity contribution is 0.0585. The maximum Gasteiger partial charge on any atom is 0.335 e. The van der Waals surface area contributed by atoms with Crippen molar-refractivity contribution in [3.8, 4) is 0 Å². The van der Waals surface area contributed by atoms with Crippen molar-refractivity contribution in [3.63, 3.8) is 0 Å². The van der Waals surface area contributed by atoms with Gasteiger partial charge in [-0.25, -0.2) is 9.59 Å². The van der Waals surface area contributed by atoms with Crippen molar-refractivity contribution in [2.75, 3.05) is 10.6 Å². The highest BCUT2D eigenvalue weighted by Gasteiger charge is 2.40. The second kappa shape index (κ2) is 10.6. The molecule has 1 aliphatic heterocycles. The van der Waals surface area contributed by atoms with Gasteiger partial charge in [0.15, 0.2) is 0 Å². The van der Waals surface area contributed by atoms with Gasteiger partial charge in [0.05, 0.1) is 22.3 Å². The molecule has 4 N–H and O–H groups in total. The molecule has 0 saturated heterocycles. The monoisotopic (exact) mass is 515 g/mol. The van der Waals surface area contributed by atoms with Crippen LogP contribution in [0.2, 0.25) is 0 Å². The number of benzene rings is 3. The van der Waals surface area contributed by atoms with Crippen LogP contribution < -0.4 is 10.6 Å². The molecule has 0 spiro atoms. The third-order valence-corrected chi connectivity index (χ3v) is 6.04. The molecule has 10 heteroatoms. The number of anilines is 2. The van der Waals surface area contributed by atoms with E-state index < -0.39 is 35.8 Å². The summed E-state index contributed by atoms with van der Waals surface area (Å²) in [6.07, 6.45) is -0.269. The number of nitrogens with zero attached hydrogens (tertiary/aromatic N) is 1. The number of hydrogen-bond acceptors (Lipinski definition) is 6. The number of aromatic carboxylic acids is 2. The molecule has 194 valence electrons. The topological polar surface area (TPSA) is 153 Å². The van der Waals surface area contributed by atoms with Gasteiger partial charge in [0.2, 0.25) is 0 Å². The number of carbonyl (C=O) groups excluding carboxylic acids is 3. The minimum absolute atomic E-state index is 0.0760. The van der Waals surface area contributed by atoms with Gasteiger partial charge in [-0.15, -0.1) is 0 Å². The zero-order chi connectivity index (χ0) is 27.6. The number of rotatable bonds is 9. The Hall–Kier alpha value is -4.99. The second-order valence-electron chi connectivity index (χ2n) is 9.25.